The van der Waals surface area contributed by atoms with Crippen molar-refractivity contribution in [3.63, 3.8) is 0 Å². The highest BCUT2D eigenvalue weighted by Crippen LogP contribution is 2.15. The number of carbonyl (C=O) groups is 1. The quantitative estimate of drug-likeness (QED) is 0.813. The fourth-order valence-electron chi connectivity index (χ4n) is 1.48. The Morgan fingerprint density at radius 1 is 1.44 bits per heavy atom. The van der Waals surface area contributed by atoms with E-state index in [4.69, 9.17) is 10.00 Å². The summed E-state index contributed by atoms with van der Waals surface area (Å²) in [6.07, 6.45) is 0.817. The van der Waals surface area contributed by atoms with Crippen LogP contribution in [0, 0.1) is 11.3 Å². The van der Waals surface area contributed by atoms with Crippen LogP contribution in [0.4, 0.5) is 10.5 Å². The van der Waals surface area contributed by atoms with Gasteiger partial charge in [0.15, 0.2) is 0 Å². The van der Waals surface area contributed by atoms with Gasteiger partial charge in [-0.15, -0.1) is 0 Å². The molecular weight excluding hydrogens is 230 g/mol. The molecule has 0 bridgehead atoms. The van der Waals surface area contributed by atoms with Crippen molar-refractivity contribution in [1.29, 1.82) is 5.26 Å². The Balaban J connectivity index is 2.63. The Hall–Kier alpha value is -2.22. The molecule has 0 radical (unpaired) electrons. The summed E-state index contributed by atoms with van der Waals surface area (Å²) in [4.78, 5) is 13.4. The SMILES string of the molecule is CCCN(CC#N)C(=O)Nc1ccc(OC)cc1. The molecule has 1 N–H and O–H groups in total. The van der Waals surface area contributed by atoms with Crippen LogP contribution in [0.5, 0.6) is 5.75 Å². The van der Waals surface area contributed by atoms with E-state index in [-0.39, 0.29) is 12.6 Å². The van der Waals surface area contributed by atoms with Gasteiger partial charge in [0.2, 0.25) is 0 Å². The lowest BCUT2D eigenvalue weighted by Crippen LogP contribution is -2.35. The Morgan fingerprint density at radius 3 is 2.61 bits per heavy atom. The number of hydrogen-bond donors (Lipinski definition) is 1. The van der Waals surface area contributed by atoms with Gasteiger partial charge in [-0.1, -0.05) is 6.92 Å². The summed E-state index contributed by atoms with van der Waals surface area (Å²) >= 11 is 0. The van der Waals surface area contributed by atoms with E-state index in [1.165, 1.54) is 4.90 Å². The fraction of sp³-hybridized carbons (Fsp3) is 0.385. The molecular formula is C13H17N3O2. The van der Waals surface area contributed by atoms with Gasteiger partial charge in [0.1, 0.15) is 12.3 Å². The molecule has 0 saturated carbocycles. The molecule has 1 aromatic carbocycles. The zero-order valence-electron chi connectivity index (χ0n) is 10.6. The third-order valence-corrected chi connectivity index (χ3v) is 2.38. The largest absolute Gasteiger partial charge is 0.497 e. The van der Waals surface area contributed by atoms with Gasteiger partial charge in [0.05, 0.1) is 13.2 Å². The van der Waals surface area contributed by atoms with E-state index in [9.17, 15) is 4.79 Å². The van der Waals surface area contributed by atoms with Crippen molar-refractivity contribution in [2.24, 2.45) is 0 Å². The van der Waals surface area contributed by atoms with E-state index < -0.39 is 0 Å². The smallest absolute Gasteiger partial charge is 0.322 e. The first kappa shape index (κ1) is 13.8. The van der Waals surface area contributed by atoms with Crippen LogP contribution in [0.25, 0.3) is 0 Å². The maximum atomic E-state index is 11.9. The lowest BCUT2D eigenvalue weighted by molar-refractivity contribution is 0.218. The lowest BCUT2D eigenvalue weighted by Gasteiger charge is -2.19. The van der Waals surface area contributed by atoms with Gasteiger partial charge in [-0.25, -0.2) is 4.79 Å². The summed E-state index contributed by atoms with van der Waals surface area (Å²) in [7, 11) is 1.59. The molecule has 1 rings (SSSR count). The van der Waals surface area contributed by atoms with Crippen molar-refractivity contribution in [3.8, 4) is 11.8 Å². The number of urea groups is 1. The van der Waals surface area contributed by atoms with Crippen LogP contribution < -0.4 is 10.1 Å². The maximum Gasteiger partial charge on any atom is 0.322 e. The lowest BCUT2D eigenvalue weighted by atomic mass is 10.3. The van der Waals surface area contributed by atoms with Crippen molar-refractivity contribution in [3.05, 3.63) is 24.3 Å². The number of anilines is 1. The Morgan fingerprint density at radius 2 is 2.11 bits per heavy atom. The first-order valence-electron chi connectivity index (χ1n) is 5.78. The average Bonchev–Trinajstić information content (AvgIpc) is 2.39. The molecule has 0 fully saturated rings. The number of nitriles is 1. The summed E-state index contributed by atoms with van der Waals surface area (Å²) in [6, 6.07) is 8.77. The highest BCUT2D eigenvalue weighted by Gasteiger charge is 2.11. The van der Waals surface area contributed by atoms with E-state index in [0.717, 1.165) is 12.2 Å². The van der Waals surface area contributed by atoms with Crippen LogP contribution in [0.1, 0.15) is 13.3 Å². The van der Waals surface area contributed by atoms with Crippen LogP contribution in [-0.2, 0) is 0 Å². The Kier molecular flexibility index (Phi) is 5.52. The Bertz CT molecular complexity index is 423. The molecule has 0 unspecified atom stereocenters. The van der Waals surface area contributed by atoms with Crippen molar-refractivity contribution in [2.45, 2.75) is 13.3 Å². The zero-order chi connectivity index (χ0) is 13.4. The number of nitrogens with one attached hydrogen (secondary N) is 1. The number of rotatable bonds is 5. The van der Waals surface area contributed by atoms with E-state index in [1.54, 1.807) is 31.4 Å². The van der Waals surface area contributed by atoms with Crippen LogP contribution >= 0.6 is 0 Å². The van der Waals surface area contributed by atoms with Gasteiger partial charge in [-0.05, 0) is 30.7 Å². The van der Waals surface area contributed by atoms with Gasteiger partial charge in [0.25, 0.3) is 0 Å². The Labute approximate surface area is 107 Å². The summed E-state index contributed by atoms with van der Waals surface area (Å²) in [5.74, 6) is 0.732. The molecule has 0 heterocycles. The molecule has 0 spiro atoms. The molecule has 96 valence electrons. The second-order valence-electron chi connectivity index (χ2n) is 3.74. The third kappa shape index (κ3) is 3.98. The van der Waals surface area contributed by atoms with Crippen molar-refractivity contribution in [1.82, 2.24) is 4.90 Å². The van der Waals surface area contributed by atoms with E-state index in [0.29, 0.717) is 12.2 Å². The fourth-order valence-corrected chi connectivity index (χ4v) is 1.48. The molecule has 0 aliphatic heterocycles. The van der Waals surface area contributed by atoms with Gasteiger partial charge in [-0.3, -0.25) is 0 Å². The number of amides is 2. The summed E-state index contributed by atoms with van der Waals surface area (Å²) in [6.45, 7) is 2.62. The molecule has 0 aliphatic carbocycles. The third-order valence-electron chi connectivity index (χ3n) is 2.38. The first-order chi connectivity index (χ1) is 8.71. The second-order valence-corrected chi connectivity index (χ2v) is 3.74. The van der Waals surface area contributed by atoms with E-state index in [2.05, 4.69) is 5.32 Å². The molecule has 0 atom stereocenters. The minimum absolute atomic E-state index is 0.0931. The standard InChI is InChI=1S/C13H17N3O2/c1-3-9-16(10-8-14)13(17)15-11-4-6-12(18-2)7-5-11/h4-7H,3,9-10H2,1-2H3,(H,15,17). The number of methoxy groups -OCH3 is 1. The van der Waals surface area contributed by atoms with Crippen LogP contribution in [0.3, 0.4) is 0 Å². The molecule has 2 amide bonds. The molecule has 0 saturated heterocycles. The van der Waals surface area contributed by atoms with E-state index in [1.807, 2.05) is 13.0 Å². The number of ether oxygens (including phenoxy) is 1. The van der Waals surface area contributed by atoms with Gasteiger partial charge in [0, 0.05) is 12.2 Å². The molecule has 0 aromatic heterocycles. The van der Waals surface area contributed by atoms with E-state index >= 15 is 0 Å². The minimum Gasteiger partial charge on any atom is -0.497 e. The van der Waals surface area contributed by atoms with Crippen LogP contribution in [-0.4, -0.2) is 31.1 Å². The van der Waals surface area contributed by atoms with Crippen LogP contribution in [0.2, 0.25) is 0 Å². The summed E-state index contributed by atoms with van der Waals surface area (Å²) < 4.78 is 5.03. The zero-order valence-corrected chi connectivity index (χ0v) is 10.6. The first-order valence-corrected chi connectivity index (χ1v) is 5.78. The highest BCUT2D eigenvalue weighted by atomic mass is 16.5. The second kappa shape index (κ2) is 7.17. The predicted octanol–water partition coefficient (Wildman–Crippen LogP) is 2.46. The summed E-state index contributed by atoms with van der Waals surface area (Å²) in [5.41, 5.74) is 0.680. The maximum absolute atomic E-state index is 11.9. The normalized spacial score (nSPS) is 9.39. The number of hydrogen-bond acceptors (Lipinski definition) is 3. The molecule has 5 heteroatoms. The number of benzene rings is 1. The number of nitrogens with zero attached hydrogens (tertiary/aromatic N) is 2. The van der Waals surface area contributed by atoms with Gasteiger partial charge < -0.3 is 15.0 Å². The number of carbonyl (C=O) groups excluding carboxylic acids is 1. The molecule has 5 nitrogen and oxygen atoms in total. The monoisotopic (exact) mass is 247 g/mol. The molecule has 0 aliphatic rings. The van der Waals surface area contributed by atoms with Gasteiger partial charge >= 0.3 is 6.03 Å². The average molecular weight is 247 g/mol. The highest BCUT2D eigenvalue weighted by molar-refractivity contribution is 5.89. The van der Waals surface area contributed by atoms with Crippen molar-refractivity contribution in [2.75, 3.05) is 25.5 Å². The van der Waals surface area contributed by atoms with Crippen molar-refractivity contribution >= 4 is 11.7 Å². The molecule has 18 heavy (non-hydrogen) atoms. The minimum atomic E-state index is -0.261. The van der Waals surface area contributed by atoms with Crippen LogP contribution in [0.15, 0.2) is 24.3 Å². The van der Waals surface area contributed by atoms with Gasteiger partial charge in [-0.2, -0.15) is 5.26 Å². The van der Waals surface area contributed by atoms with Crippen molar-refractivity contribution < 1.29 is 9.53 Å². The predicted molar refractivity (Wildman–Crippen MR) is 69.5 cm³/mol. The molecule has 1 aromatic rings. The topological polar surface area (TPSA) is 65.4 Å². The summed E-state index contributed by atoms with van der Waals surface area (Å²) in [5, 5.41) is 11.4.